The van der Waals surface area contributed by atoms with Gasteiger partial charge in [0.15, 0.2) is 0 Å². The van der Waals surface area contributed by atoms with Crippen LogP contribution in [0.3, 0.4) is 0 Å². The van der Waals surface area contributed by atoms with Crippen LogP contribution < -0.4 is 11.1 Å². The normalized spacial score (nSPS) is 17.5. The Morgan fingerprint density at radius 2 is 2.00 bits per heavy atom. The van der Waals surface area contributed by atoms with Gasteiger partial charge in [-0.15, -0.1) is 0 Å². The van der Waals surface area contributed by atoms with Crippen LogP contribution in [0.25, 0.3) is 0 Å². The molecule has 0 aromatic heterocycles. The highest BCUT2D eigenvalue weighted by molar-refractivity contribution is 7.80. The average Bonchev–Trinajstić information content (AvgIpc) is 2.39. The molecule has 108 valence electrons. The molecule has 3 N–H and O–H groups in total. The Balaban J connectivity index is 2.22. The summed E-state index contributed by atoms with van der Waals surface area (Å²) in [5.41, 5.74) is 6.83. The molecule has 0 atom stereocenters. The highest BCUT2D eigenvalue weighted by Crippen LogP contribution is 2.29. The number of amides is 1. The average molecular weight is 311 g/mol. The van der Waals surface area contributed by atoms with E-state index in [0.717, 1.165) is 31.2 Å². The maximum Gasteiger partial charge on any atom is 0.252 e. The fourth-order valence-corrected chi connectivity index (χ4v) is 3.24. The SMILES string of the molecule is Cc1cc(Cl)ccc1C(=O)NC1(C(N)=S)CCCCC1. The van der Waals surface area contributed by atoms with Gasteiger partial charge in [-0.1, -0.05) is 43.1 Å². The zero-order valence-corrected chi connectivity index (χ0v) is 13.1. The van der Waals surface area contributed by atoms with Gasteiger partial charge >= 0.3 is 0 Å². The lowest BCUT2D eigenvalue weighted by atomic mass is 9.81. The number of thiocarbonyl (C=S) groups is 1. The van der Waals surface area contributed by atoms with Crippen LogP contribution in [-0.4, -0.2) is 16.4 Å². The molecule has 2 rings (SSSR count). The summed E-state index contributed by atoms with van der Waals surface area (Å²) in [7, 11) is 0. The minimum absolute atomic E-state index is 0.131. The van der Waals surface area contributed by atoms with E-state index in [4.69, 9.17) is 29.6 Å². The molecule has 1 amide bonds. The number of rotatable bonds is 3. The van der Waals surface area contributed by atoms with E-state index in [1.807, 2.05) is 6.92 Å². The molecule has 1 aromatic rings. The van der Waals surface area contributed by atoms with E-state index in [0.29, 0.717) is 15.6 Å². The van der Waals surface area contributed by atoms with E-state index in [1.54, 1.807) is 18.2 Å². The number of halogens is 1. The molecule has 0 heterocycles. The van der Waals surface area contributed by atoms with Crippen molar-refractivity contribution in [3.05, 3.63) is 34.3 Å². The van der Waals surface area contributed by atoms with Gasteiger partial charge < -0.3 is 11.1 Å². The van der Waals surface area contributed by atoms with Gasteiger partial charge in [0.2, 0.25) is 0 Å². The summed E-state index contributed by atoms with van der Waals surface area (Å²) < 4.78 is 0. The molecule has 20 heavy (non-hydrogen) atoms. The lowest BCUT2D eigenvalue weighted by Gasteiger charge is -2.37. The van der Waals surface area contributed by atoms with Crippen molar-refractivity contribution >= 4 is 34.7 Å². The third-order valence-electron chi connectivity index (χ3n) is 3.96. The third kappa shape index (κ3) is 3.13. The van der Waals surface area contributed by atoms with Crippen LogP contribution in [0.2, 0.25) is 5.02 Å². The van der Waals surface area contributed by atoms with Gasteiger partial charge in [0.1, 0.15) is 0 Å². The van der Waals surface area contributed by atoms with Crippen LogP contribution in [0.1, 0.15) is 48.0 Å². The van der Waals surface area contributed by atoms with E-state index in [9.17, 15) is 4.79 Å². The topological polar surface area (TPSA) is 55.1 Å². The van der Waals surface area contributed by atoms with Gasteiger partial charge in [0, 0.05) is 10.6 Å². The molecule has 1 aliphatic rings. The van der Waals surface area contributed by atoms with Crippen molar-refractivity contribution in [3.8, 4) is 0 Å². The summed E-state index contributed by atoms with van der Waals surface area (Å²) >= 11 is 11.1. The molecule has 0 aliphatic heterocycles. The van der Waals surface area contributed by atoms with Crippen molar-refractivity contribution in [3.63, 3.8) is 0 Å². The largest absolute Gasteiger partial charge is 0.391 e. The smallest absolute Gasteiger partial charge is 0.252 e. The van der Waals surface area contributed by atoms with E-state index >= 15 is 0 Å². The Morgan fingerprint density at radius 1 is 1.35 bits per heavy atom. The van der Waals surface area contributed by atoms with Crippen molar-refractivity contribution in [2.24, 2.45) is 5.73 Å². The Bertz CT molecular complexity index is 539. The standard InChI is InChI=1S/C15H19ClN2OS/c1-10-9-11(16)5-6-12(10)13(19)18-15(14(17)20)7-3-2-4-8-15/h5-6,9H,2-4,7-8H2,1H3,(H2,17,20)(H,18,19). The highest BCUT2D eigenvalue weighted by Gasteiger charge is 2.36. The maximum absolute atomic E-state index is 12.5. The second-order valence-corrected chi connectivity index (χ2v) is 6.30. The van der Waals surface area contributed by atoms with Gasteiger partial charge in [-0.05, 0) is 43.5 Å². The van der Waals surface area contributed by atoms with E-state index in [2.05, 4.69) is 5.32 Å². The number of nitrogens with one attached hydrogen (secondary N) is 1. The first-order chi connectivity index (χ1) is 9.44. The summed E-state index contributed by atoms with van der Waals surface area (Å²) in [5, 5.41) is 3.69. The second kappa shape index (κ2) is 6.10. The second-order valence-electron chi connectivity index (χ2n) is 5.42. The lowest BCUT2D eigenvalue weighted by Crippen LogP contribution is -2.57. The number of aryl methyl sites for hydroxylation is 1. The number of benzene rings is 1. The molecule has 0 spiro atoms. The van der Waals surface area contributed by atoms with Crippen LogP contribution >= 0.6 is 23.8 Å². The fourth-order valence-electron chi connectivity index (χ4n) is 2.75. The Morgan fingerprint density at radius 3 is 2.55 bits per heavy atom. The van der Waals surface area contributed by atoms with Crippen molar-refractivity contribution in [1.82, 2.24) is 5.32 Å². The summed E-state index contributed by atoms with van der Waals surface area (Å²) in [4.78, 5) is 12.9. The molecule has 1 aromatic carbocycles. The van der Waals surface area contributed by atoms with Crippen LogP contribution in [0.4, 0.5) is 0 Å². The monoisotopic (exact) mass is 310 g/mol. The van der Waals surface area contributed by atoms with Crippen LogP contribution in [-0.2, 0) is 0 Å². The minimum atomic E-state index is -0.531. The highest BCUT2D eigenvalue weighted by atomic mass is 35.5. The van der Waals surface area contributed by atoms with E-state index in [-0.39, 0.29) is 5.91 Å². The molecule has 0 radical (unpaired) electrons. The first-order valence-corrected chi connectivity index (χ1v) is 7.62. The first-order valence-electron chi connectivity index (χ1n) is 6.83. The van der Waals surface area contributed by atoms with Gasteiger partial charge in [-0.3, -0.25) is 4.79 Å². The van der Waals surface area contributed by atoms with E-state index < -0.39 is 5.54 Å². The zero-order valence-electron chi connectivity index (χ0n) is 11.5. The first kappa shape index (κ1) is 15.3. The quantitative estimate of drug-likeness (QED) is 0.842. The summed E-state index contributed by atoms with van der Waals surface area (Å²) in [5.74, 6) is -0.131. The van der Waals surface area contributed by atoms with Crippen LogP contribution in [0.5, 0.6) is 0 Å². The predicted molar refractivity (Wildman–Crippen MR) is 86.3 cm³/mol. The molecule has 5 heteroatoms. The number of nitrogens with two attached hydrogens (primary N) is 1. The van der Waals surface area contributed by atoms with Crippen molar-refractivity contribution in [2.45, 2.75) is 44.6 Å². The fraction of sp³-hybridized carbons (Fsp3) is 0.467. The lowest BCUT2D eigenvalue weighted by molar-refractivity contribution is 0.0908. The molecular formula is C15H19ClN2OS. The summed E-state index contributed by atoms with van der Waals surface area (Å²) in [6, 6.07) is 5.24. The Kier molecular flexibility index (Phi) is 4.66. The van der Waals surface area contributed by atoms with Gasteiger partial charge in [0.05, 0.1) is 10.5 Å². The Hall–Kier alpha value is -1.13. The molecule has 1 fully saturated rings. The molecule has 0 unspecified atom stereocenters. The van der Waals surface area contributed by atoms with E-state index in [1.165, 1.54) is 6.42 Å². The maximum atomic E-state index is 12.5. The third-order valence-corrected chi connectivity index (χ3v) is 4.59. The van der Waals surface area contributed by atoms with Crippen molar-refractivity contribution < 1.29 is 4.79 Å². The number of carbonyl (C=O) groups is 1. The molecule has 0 bridgehead atoms. The number of hydrogen-bond donors (Lipinski definition) is 2. The van der Waals surface area contributed by atoms with Gasteiger partial charge in [0.25, 0.3) is 5.91 Å². The molecule has 1 saturated carbocycles. The minimum Gasteiger partial charge on any atom is -0.391 e. The van der Waals surface area contributed by atoms with Crippen LogP contribution in [0, 0.1) is 6.92 Å². The van der Waals surface area contributed by atoms with Gasteiger partial charge in [-0.25, -0.2) is 0 Å². The molecular weight excluding hydrogens is 292 g/mol. The molecule has 1 aliphatic carbocycles. The molecule has 0 saturated heterocycles. The van der Waals surface area contributed by atoms with Crippen molar-refractivity contribution in [2.75, 3.05) is 0 Å². The zero-order chi connectivity index (χ0) is 14.8. The molecule has 3 nitrogen and oxygen atoms in total. The van der Waals surface area contributed by atoms with Crippen LogP contribution in [0.15, 0.2) is 18.2 Å². The Labute approximate surface area is 129 Å². The predicted octanol–water partition coefficient (Wildman–Crippen LogP) is 3.37. The van der Waals surface area contributed by atoms with Gasteiger partial charge in [-0.2, -0.15) is 0 Å². The summed E-state index contributed by atoms with van der Waals surface area (Å²) in [6.07, 6.45) is 4.88. The van der Waals surface area contributed by atoms with Crippen molar-refractivity contribution in [1.29, 1.82) is 0 Å². The number of carbonyl (C=O) groups excluding carboxylic acids is 1. The summed E-state index contributed by atoms with van der Waals surface area (Å²) in [6.45, 7) is 1.87. The number of hydrogen-bond acceptors (Lipinski definition) is 2.